The van der Waals surface area contributed by atoms with Crippen molar-refractivity contribution < 1.29 is 0 Å². The molecule has 0 aliphatic heterocycles. The SMILES string of the molecule is c1ccc(-c2ccccc2N(c2cccc(-n3c4ccccc4c4ccccc43)c2)c2cc(-c3cccc4ccccc34)ccc2-c2ccccc2)cc1. The van der Waals surface area contributed by atoms with Crippen LogP contribution >= 0.6 is 0 Å². The lowest BCUT2D eigenvalue weighted by molar-refractivity contribution is 1.17. The van der Waals surface area contributed by atoms with E-state index in [4.69, 9.17) is 0 Å². The number of hydrogen-bond acceptors (Lipinski definition) is 1. The molecule has 0 unspecified atom stereocenters. The molecule has 0 aliphatic rings. The van der Waals surface area contributed by atoms with Gasteiger partial charge in [0.15, 0.2) is 0 Å². The van der Waals surface area contributed by atoms with E-state index in [9.17, 15) is 0 Å². The summed E-state index contributed by atoms with van der Waals surface area (Å²) < 4.78 is 2.40. The molecule has 254 valence electrons. The Bertz CT molecular complexity index is 2880. The van der Waals surface area contributed by atoms with Gasteiger partial charge in [-0.15, -0.1) is 0 Å². The second kappa shape index (κ2) is 13.4. The molecular formula is C52H36N2. The summed E-state index contributed by atoms with van der Waals surface area (Å²) in [4.78, 5) is 2.47. The Morgan fingerprint density at radius 1 is 0.315 bits per heavy atom. The first-order valence-corrected chi connectivity index (χ1v) is 18.5. The van der Waals surface area contributed by atoms with Crippen LogP contribution in [-0.2, 0) is 0 Å². The van der Waals surface area contributed by atoms with E-state index in [2.05, 4.69) is 228 Å². The highest BCUT2D eigenvalue weighted by Gasteiger charge is 2.23. The first-order chi connectivity index (χ1) is 26.8. The van der Waals surface area contributed by atoms with Crippen LogP contribution in [-0.4, -0.2) is 4.57 Å². The fourth-order valence-corrected chi connectivity index (χ4v) is 8.13. The molecule has 2 nitrogen and oxygen atoms in total. The molecule has 2 heteroatoms. The molecule has 0 fully saturated rings. The monoisotopic (exact) mass is 688 g/mol. The Morgan fingerprint density at radius 3 is 1.57 bits per heavy atom. The highest BCUT2D eigenvalue weighted by Crippen LogP contribution is 2.47. The van der Waals surface area contributed by atoms with E-state index in [0.29, 0.717) is 0 Å². The van der Waals surface area contributed by atoms with Crippen LogP contribution in [0.1, 0.15) is 0 Å². The summed E-state index contributed by atoms with van der Waals surface area (Å²) in [7, 11) is 0. The van der Waals surface area contributed by atoms with Crippen molar-refractivity contribution in [2.24, 2.45) is 0 Å². The predicted molar refractivity (Wildman–Crippen MR) is 229 cm³/mol. The van der Waals surface area contributed by atoms with E-state index >= 15 is 0 Å². The highest BCUT2D eigenvalue weighted by atomic mass is 15.2. The lowest BCUT2D eigenvalue weighted by atomic mass is 9.93. The van der Waals surface area contributed by atoms with Gasteiger partial charge >= 0.3 is 0 Å². The number of para-hydroxylation sites is 3. The molecule has 0 saturated carbocycles. The number of hydrogen-bond donors (Lipinski definition) is 0. The molecule has 10 rings (SSSR count). The van der Waals surface area contributed by atoms with Crippen molar-refractivity contribution in [3.63, 3.8) is 0 Å². The van der Waals surface area contributed by atoms with Crippen LogP contribution in [0.2, 0.25) is 0 Å². The van der Waals surface area contributed by atoms with E-state index < -0.39 is 0 Å². The highest BCUT2D eigenvalue weighted by molar-refractivity contribution is 6.09. The van der Waals surface area contributed by atoms with Gasteiger partial charge in [0, 0.05) is 33.3 Å². The maximum absolute atomic E-state index is 2.47. The van der Waals surface area contributed by atoms with Crippen LogP contribution in [0.25, 0.3) is 71.6 Å². The van der Waals surface area contributed by atoms with Crippen molar-refractivity contribution in [1.29, 1.82) is 0 Å². The molecule has 10 aromatic rings. The smallest absolute Gasteiger partial charge is 0.0546 e. The van der Waals surface area contributed by atoms with E-state index in [1.165, 1.54) is 49.3 Å². The molecule has 0 amide bonds. The van der Waals surface area contributed by atoms with Gasteiger partial charge < -0.3 is 9.47 Å². The zero-order valence-electron chi connectivity index (χ0n) is 29.7. The number of rotatable bonds is 7. The normalized spacial score (nSPS) is 11.3. The third kappa shape index (κ3) is 5.44. The predicted octanol–water partition coefficient (Wildman–Crippen LogP) is 14.4. The van der Waals surface area contributed by atoms with Crippen LogP contribution in [0, 0.1) is 0 Å². The molecule has 0 saturated heterocycles. The maximum Gasteiger partial charge on any atom is 0.0546 e. The standard InChI is InChI=1S/C52H36N2/c1-3-17-38(18-4-1)45-26-9-12-30-49(45)54(42-24-16-23-41(36-42)53-50-31-13-10-27-47(50)48-28-11-14-32-51(48)53)52-35-40(33-34-46(52)39-19-5-2-6-20-39)44-29-15-22-37-21-7-8-25-43(37)44/h1-36H. The number of nitrogens with zero attached hydrogens (tertiary/aromatic N) is 2. The maximum atomic E-state index is 2.47. The van der Waals surface area contributed by atoms with E-state index in [1.807, 2.05) is 0 Å². The van der Waals surface area contributed by atoms with Crippen LogP contribution < -0.4 is 4.90 Å². The molecule has 0 radical (unpaired) electrons. The third-order valence-corrected chi connectivity index (χ3v) is 10.6. The first kappa shape index (κ1) is 31.6. The summed E-state index contributed by atoms with van der Waals surface area (Å²) in [5, 5.41) is 4.97. The Labute approximate surface area is 315 Å². The van der Waals surface area contributed by atoms with Crippen LogP contribution in [0.4, 0.5) is 17.1 Å². The molecule has 0 aliphatic carbocycles. The quantitative estimate of drug-likeness (QED) is 0.162. The summed E-state index contributed by atoms with van der Waals surface area (Å²) >= 11 is 0. The summed E-state index contributed by atoms with van der Waals surface area (Å²) in [6.45, 7) is 0. The molecule has 54 heavy (non-hydrogen) atoms. The molecule has 1 aromatic heterocycles. The van der Waals surface area contributed by atoms with Gasteiger partial charge in [-0.3, -0.25) is 0 Å². The van der Waals surface area contributed by atoms with Crippen molar-refractivity contribution in [1.82, 2.24) is 4.57 Å². The van der Waals surface area contributed by atoms with Crippen molar-refractivity contribution in [2.45, 2.75) is 0 Å². The van der Waals surface area contributed by atoms with Crippen LogP contribution in [0.3, 0.4) is 0 Å². The van der Waals surface area contributed by atoms with Crippen LogP contribution in [0.5, 0.6) is 0 Å². The minimum Gasteiger partial charge on any atom is -0.309 e. The topological polar surface area (TPSA) is 8.17 Å². The fraction of sp³-hybridized carbons (Fsp3) is 0. The summed E-state index contributed by atoms with van der Waals surface area (Å²) in [5.74, 6) is 0. The Hall–Kier alpha value is -7.16. The minimum atomic E-state index is 1.07. The first-order valence-electron chi connectivity index (χ1n) is 18.5. The number of aromatic nitrogens is 1. The van der Waals surface area contributed by atoms with Gasteiger partial charge in [-0.2, -0.15) is 0 Å². The van der Waals surface area contributed by atoms with Gasteiger partial charge in [0.25, 0.3) is 0 Å². The van der Waals surface area contributed by atoms with Gasteiger partial charge in [-0.1, -0.05) is 176 Å². The van der Waals surface area contributed by atoms with Crippen molar-refractivity contribution in [3.05, 3.63) is 218 Å². The summed E-state index contributed by atoms with van der Waals surface area (Å²) in [6.07, 6.45) is 0. The summed E-state index contributed by atoms with van der Waals surface area (Å²) in [6, 6.07) is 79.0. The van der Waals surface area contributed by atoms with Crippen LogP contribution in [0.15, 0.2) is 218 Å². The molecule has 9 aromatic carbocycles. The molecule has 1 heterocycles. The van der Waals surface area contributed by atoms with Gasteiger partial charge in [0.1, 0.15) is 0 Å². The Morgan fingerprint density at radius 2 is 0.852 bits per heavy atom. The van der Waals surface area contributed by atoms with Crippen molar-refractivity contribution in [2.75, 3.05) is 4.90 Å². The molecule has 0 atom stereocenters. The average Bonchev–Trinajstić information content (AvgIpc) is 3.59. The second-order valence-electron chi connectivity index (χ2n) is 13.7. The zero-order chi connectivity index (χ0) is 35.8. The summed E-state index contributed by atoms with van der Waals surface area (Å²) in [5.41, 5.74) is 13.8. The van der Waals surface area contributed by atoms with E-state index in [1.54, 1.807) is 0 Å². The Balaban J connectivity index is 1.27. The van der Waals surface area contributed by atoms with Gasteiger partial charge in [-0.05, 0) is 75.5 Å². The van der Waals surface area contributed by atoms with E-state index in [-0.39, 0.29) is 0 Å². The van der Waals surface area contributed by atoms with Crippen molar-refractivity contribution >= 4 is 49.6 Å². The second-order valence-corrected chi connectivity index (χ2v) is 13.7. The zero-order valence-corrected chi connectivity index (χ0v) is 29.7. The average molecular weight is 689 g/mol. The molecule has 0 bridgehead atoms. The van der Waals surface area contributed by atoms with Gasteiger partial charge in [-0.25, -0.2) is 0 Å². The number of fused-ring (bicyclic) bond motifs is 4. The largest absolute Gasteiger partial charge is 0.309 e. The lowest BCUT2D eigenvalue weighted by Crippen LogP contribution is -2.13. The van der Waals surface area contributed by atoms with Crippen molar-refractivity contribution in [3.8, 4) is 39.1 Å². The fourth-order valence-electron chi connectivity index (χ4n) is 8.13. The third-order valence-electron chi connectivity index (χ3n) is 10.6. The number of benzene rings is 9. The molecular weight excluding hydrogens is 653 g/mol. The lowest BCUT2D eigenvalue weighted by Gasteiger charge is -2.31. The van der Waals surface area contributed by atoms with Gasteiger partial charge in [0.2, 0.25) is 0 Å². The molecule has 0 N–H and O–H groups in total. The molecule has 0 spiro atoms. The van der Waals surface area contributed by atoms with E-state index in [0.717, 1.165) is 39.4 Å². The van der Waals surface area contributed by atoms with Gasteiger partial charge in [0.05, 0.1) is 22.4 Å². The Kier molecular flexibility index (Phi) is 7.85. The number of anilines is 3. The minimum absolute atomic E-state index is 1.07.